The number of carbonyl (C=O) groups is 1. The van der Waals surface area contributed by atoms with Gasteiger partial charge in [0.1, 0.15) is 0 Å². The van der Waals surface area contributed by atoms with Crippen molar-refractivity contribution < 1.29 is 9.53 Å². The highest BCUT2D eigenvalue weighted by Gasteiger charge is 2.03. The van der Waals surface area contributed by atoms with Crippen molar-refractivity contribution in [2.45, 2.75) is 13.8 Å². The average molecular weight is 190 g/mol. The smallest absolute Gasteiger partial charge is 0.333 e. The Morgan fingerprint density at radius 1 is 1.36 bits per heavy atom. The normalized spacial score (nSPS) is 11.1. The predicted octanol–water partition coefficient (Wildman–Crippen LogP) is 2.65. The second-order valence-corrected chi connectivity index (χ2v) is 2.96. The quantitative estimate of drug-likeness (QED) is 0.541. The first-order chi connectivity index (χ1) is 6.74. The van der Waals surface area contributed by atoms with E-state index in [0.717, 1.165) is 5.56 Å². The van der Waals surface area contributed by atoms with Gasteiger partial charge in [0, 0.05) is 5.57 Å². The lowest BCUT2D eigenvalue weighted by Gasteiger charge is -2.01. The molecule has 0 aliphatic heterocycles. The molecule has 1 rings (SSSR count). The number of benzene rings is 1. The minimum absolute atomic E-state index is 0.253. The van der Waals surface area contributed by atoms with Gasteiger partial charge in [0.05, 0.1) is 6.61 Å². The highest BCUT2D eigenvalue weighted by molar-refractivity contribution is 5.92. The third kappa shape index (κ3) is 3.05. The molecule has 0 aliphatic rings. The molecular formula is C12H14O2. The van der Waals surface area contributed by atoms with Crippen molar-refractivity contribution >= 4 is 12.0 Å². The first-order valence-electron chi connectivity index (χ1n) is 4.64. The molecule has 0 heterocycles. The molecule has 0 aromatic heterocycles. The fourth-order valence-corrected chi connectivity index (χ4v) is 1.10. The van der Waals surface area contributed by atoms with Crippen LogP contribution in [0.2, 0.25) is 0 Å². The first-order valence-corrected chi connectivity index (χ1v) is 4.64. The molecule has 0 fully saturated rings. The maximum Gasteiger partial charge on any atom is 0.333 e. The monoisotopic (exact) mass is 190 g/mol. The van der Waals surface area contributed by atoms with Crippen molar-refractivity contribution in [2.24, 2.45) is 0 Å². The topological polar surface area (TPSA) is 26.3 Å². The van der Waals surface area contributed by atoms with Crippen molar-refractivity contribution in [3.05, 3.63) is 41.5 Å². The van der Waals surface area contributed by atoms with Crippen LogP contribution in [0.15, 0.2) is 35.9 Å². The summed E-state index contributed by atoms with van der Waals surface area (Å²) in [6.45, 7) is 3.97. The van der Waals surface area contributed by atoms with E-state index in [1.165, 1.54) is 0 Å². The Bertz CT molecular complexity index is 325. The lowest BCUT2D eigenvalue weighted by Crippen LogP contribution is -2.04. The van der Waals surface area contributed by atoms with Gasteiger partial charge < -0.3 is 4.74 Å². The van der Waals surface area contributed by atoms with Crippen LogP contribution >= 0.6 is 0 Å². The number of esters is 1. The number of rotatable bonds is 3. The molecule has 0 spiro atoms. The van der Waals surface area contributed by atoms with Crippen molar-refractivity contribution in [3.8, 4) is 0 Å². The standard InChI is InChI=1S/C12H14O2/c1-3-14-12(13)10(2)9-11-7-5-4-6-8-11/h4-9H,3H2,1-2H3/b10-9-. The second kappa shape index (κ2) is 5.22. The molecule has 14 heavy (non-hydrogen) atoms. The summed E-state index contributed by atoms with van der Waals surface area (Å²) in [6, 6.07) is 9.71. The molecule has 0 amide bonds. The van der Waals surface area contributed by atoms with E-state index >= 15 is 0 Å². The summed E-state index contributed by atoms with van der Waals surface area (Å²) >= 11 is 0. The van der Waals surface area contributed by atoms with Gasteiger partial charge in [0.15, 0.2) is 0 Å². The van der Waals surface area contributed by atoms with Gasteiger partial charge in [-0.1, -0.05) is 30.3 Å². The van der Waals surface area contributed by atoms with Gasteiger partial charge in [-0.05, 0) is 25.5 Å². The largest absolute Gasteiger partial charge is 0.463 e. The van der Waals surface area contributed by atoms with Crippen molar-refractivity contribution in [2.75, 3.05) is 6.61 Å². The van der Waals surface area contributed by atoms with E-state index in [0.29, 0.717) is 12.2 Å². The summed E-state index contributed by atoms with van der Waals surface area (Å²) in [6.07, 6.45) is 1.82. The van der Waals surface area contributed by atoms with Crippen molar-refractivity contribution in [3.63, 3.8) is 0 Å². The lowest BCUT2D eigenvalue weighted by molar-refractivity contribution is -0.138. The van der Waals surface area contributed by atoms with Gasteiger partial charge in [-0.2, -0.15) is 0 Å². The highest BCUT2D eigenvalue weighted by Crippen LogP contribution is 2.07. The fourth-order valence-electron chi connectivity index (χ4n) is 1.10. The molecule has 0 bridgehead atoms. The van der Waals surface area contributed by atoms with Crippen LogP contribution in [0.25, 0.3) is 6.08 Å². The Labute approximate surface area is 84.2 Å². The molecule has 1 aromatic rings. The van der Waals surface area contributed by atoms with Crippen LogP contribution in [0, 0.1) is 0 Å². The first kappa shape index (κ1) is 10.5. The van der Waals surface area contributed by atoms with Gasteiger partial charge in [-0.15, -0.1) is 0 Å². The Hall–Kier alpha value is -1.57. The molecule has 0 unspecified atom stereocenters. The molecule has 2 heteroatoms. The van der Waals surface area contributed by atoms with Crippen LogP contribution in [-0.2, 0) is 9.53 Å². The van der Waals surface area contributed by atoms with Crippen LogP contribution < -0.4 is 0 Å². The molecule has 0 N–H and O–H groups in total. The zero-order valence-corrected chi connectivity index (χ0v) is 8.49. The number of ether oxygens (including phenoxy) is 1. The van der Waals surface area contributed by atoms with Gasteiger partial charge >= 0.3 is 5.97 Å². The van der Waals surface area contributed by atoms with E-state index in [2.05, 4.69) is 0 Å². The molecule has 74 valence electrons. The predicted molar refractivity (Wildman–Crippen MR) is 56.7 cm³/mol. The molecular weight excluding hydrogens is 176 g/mol. The van der Waals surface area contributed by atoms with Gasteiger partial charge in [-0.25, -0.2) is 4.79 Å². The summed E-state index contributed by atoms with van der Waals surface area (Å²) in [4.78, 5) is 11.3. The molecule has 0 saturated carbocycles. The van der Waals surface area contributed by atoms with Crippen LogP contribution in [0.5, 0.6) is 0 Å². The third-order valence-electron chi connectivity index (χ3n) is 1.78. The summed E-state index contributed by atoms with van der Waals surface area (Å²) in [7, 11) is 0. The average Bonchev–Trinajstić information content (AvgIpc) is 2.19. The van der Waals surface area contributed by atoms with E-state index in [1.54, 1.807) is 13.8 Å². The molecule has 1 aromatic carbocycles. The fraction of sp³-hybridized carbons (Fsp3) is 0.250. The number of hydrogen-bond donors (Lipinski definition) is 0. The van der Waals surface area contributed by atoms with Crippen LogP contribution in [0.4, 0.5) is 0 Å². The highest BCUT2D eigenvalue weighted by atomic mass is 16.5. The van der Waals surface area contributed by atoms with E-state index in [1.807, 2.05) is 36.4 Å². The third-order valence-corrected chi connectivity index (χ3v) is 1.78. The van der Waals surface area contributed by atoms with Gasteiger partial charge in [0.25, 0.3) is 0 Å². The maximum absolute atomic E-state index is 11.3. The van der Waals surface area contributed by atoms with E-state index in [4.69, 9.17) is 4.74 Å². The second-order valence-electron chi connectivity index (χ2n) is 2.96. The van der Waals surface area contributed by atoms with Crippen LogP contribution in [0.1, 0.15) is 19.4 Å². The molecule has 2 nitrogen and oxygen atoms in total. The summed E-state index contributed by atoms with van der Waals surface area (Å²) in [5, 5.41) is 0. The summed E-state index contributed by atoms with van der Waals surface area (Å²) in [5.74, 6) is -0.253. The molecule has 0 atom stereocenters. The maximum atomic E-state index is 11.3. The number of carbonyl (C=O) groups excluding carboxylic acids is 1. The van der Waals surface area contributed by atoms with Gasteiger partial charge in [0.2, 0.25) is 0 Å². The zero-order chi connectivity index (χ0) is 10.4. The Balaban J connectivity index is 2.74. The van der Waals surface area contributed by atoms with E-state index in [9.17, 15) is 4.79 Å². The minimum Gasteiger partial charge on any atom is -0.463 e. The Morgan fingerprint density at radius 2 is 2.00 bits per heavy atom. The summed E-state index contributed by atoms with van der Waals surface area (Å²) < 4.78 is 4.87. The lowest BCUT2D eigenvalue weighted by atomic mass is 10.1. The Kier molecular flexibility index (Phi) is 3.92. The van der Waals surface area contributed by atoms with Gasteiger partial charge in [-0.3, -0.25) is 0 Å². The minimum atomic E-state index is -0.253. The van der Waals surface area contributed by atoms with E-state index in [-0.39, 0.29) is 5.97 Å². The number of hydrogen-bond acceptors (Lipinski definition) is 2. The Morgan fingerprint density at radius 3 is 2.57 bits per heavy atom. The zero-order valence-electron chi connectivity index (χ0n) is 8.49. The van der Waals surface area contributed by atoms with Crippen LogP contribution in [0.3, 0.4) is 0 Å². The summed E-state index contributed by atoms with van der Waals surface area (Å²) in [5.41, 5.74) is 1.64. The van der Waals surface area contributed by atoms with Crippen molar-refractivity contribution in [1.82, 2.24) is 0 Å². The molecule has 0 radical (unpaired) electrons. The molecule has 0 saturated heterocycles. The SMILES string of the molecule is CCOC(=O)/C(C)=C\c1ccccc1. The van der Waals surface area contributed by atoms with E-state index < -0.39 is 0 Å². The van der Waals surface area contributed by atoms with Crippen molar-refractivity contribution in [1.29, 1.82) is 0 Å². The molecule has 0 aliphatic carbocycles. The van der Waals surface area contributed by atoms with Crippen LogP contribution in [-0.4, -0.2) is 12.6 Å².